The number of sulfonamides is 1. The fourth-order valence-corrected chi connectivity index (χ4v) is 2.31. The molecule has 0 saturated heterocycles. The summed E-state index contributed by atoms with van der Waals surface area (Å²) in [5.41, 5.74) is 0.725. The minimum absolute atomic E-state index is 0.0308. The molecule has 2 aromatic rings. The predicted molar refractivity (Wildman–Crippen MR) is 61.3 cm³/mol. The third kappa shape index (κ3) is 2.66. The van der Waals surface area contributed by atoms with Gasteiger partial charge in [-0.25, -0.2) is 13.1 Å². The summed E-state index contributed by atoms with van der Waals surface area (Å²) in [6.07, 6.45) is 3.70. The minimum Gasteiger partial charge on any atom is -0.440 e. The largest absolute Gasteiger partial charge is 0.440 e. The van der Waals surface area contributed by atoms with Gasteiger partial charge in [0, 0.05) is 25.4 Å². The van der Waals surface area contributed by atoms with Crippen LogP contribution in [0.4, 0.5) is 0 Å². The molecule has 0 atom stereocenters. The summed E-state index contributed by atoms with van der Waals surface area (Å²) < 4.78 is 32.4. The summed E-state index contributed by atoms with van der Waals surface area (Å²) in [4.78, 5) is 10.4. The number of aromatic nitrogens is 2. The molecule has 1 N–H and O–H groups in total. The first-order valence-electron chi connectivity index (χ1n) is 5.03. The van der Waals surface area contributed by atoms with E-state index in [1.54, 1.807) is 24.1 Å². The van der Waals surface area contributed by atoms with Crippen LogP contribution < -0.4 is 4.72 Å². The molecule has 0 amide bonds. The molecule has 0 fully saturated rings. The molecule has 2 aromatic heterocycles. The van der Waals surface area contributed by atoms with Crippen molar-refractivity contribution in [2.24, 2.45) is 7.05 Å². The smallest absolute Gasteiger partial charge is 0.274 e. The Morgan fingerprint density at radius 2 is 2.28 bits per heavy atom. The van der Waals surface area contributed by atoms with E-state index in [0.29, 0.717) is 6.29 Å². The number of nitrogens with zero attached hydrogens (tertiary/aromatic N) is 2. The van der Waals surface area contributed by atoms with Crippen molar-refractivity contribution in [2.75, 3.05) is 0 Å². The SMILES string of the molecule is Cn1cc(CNS(=O)(=O)c2ccc(C=O)o2)cn1. The molecular formula is C10H11N3O4S. The van der Waals surface area contributed by atoms with Crippen LogP contribution in [0.25, 0.3) is 0 Å². The van der Waals surface area contributed by atoms with Crippen LogP contribution in [0.5, 0.6) is 0 Å². The maximum Gasteiger partial charge on any atom is 0.274 e. The van der Waals surface area contributed by atoms with Crippen molar-refractivity contribution >= 4 is 16.3 Å². The zero-order valence-electron chi connectivity index (χ0n) is 9.53. The van der Waals surface area contributed by atoms with Crippen molar-refractivity contribution in [3.63, 3.8) is 0 Å². The molecule has 0 aliphatic carbocycles. The Morgan fingerprint density at radius 1 is 1.50 bits per heavy atom. The van der Waals surface area contributed by atoms with E-state index in [4.69, 9.17) is 4.42 Å². The molecule has 0 aliphatic rings. The number of aryl methyl sites for hydroxylation is 1. The Bertz CT molecular complexity index is 656. The second kappa shape index (κ2) is 4.75. The van der Waals surface area contributed by atoms with Gasteiger partial charge >= 0.3 is 0 Å². The third-order valence-electron chi connectivity index (χ3n) is 2.21. The van der Waals surface area contributed by atoms with Gasteiger partial charge in [0.25, 0.3) is 10.0 Å². The quantitative estimate of drug-likeness (QED) is 0.788. The number of nitrogens with one attached hydrogen (secondary N) is 1. The van der Waals surface area contributed by atoms with E-state index in [-0.39, 0.29) is 17.4 Å². The van der Waals surface area contributed by atoms with Crippen LogP contribution in [0.15, 0.2) is 34.0 Å². The van der Waals surface area contributed by atoms with Gasteiger partial charge in [0.2, 0.25) is 5.09 Å². The molecule has 2 rings (SSSR count). The van der Waals surface area contributed by atoms with Gasteiger partial charge in [-0.1, -0.05) is 0 Å². The van der Waals surface area contributed by atoms with Crippen LogP contribution in [0.1, 0.15) is 16.1 Å². The van der Waals surface area contributed by atoms with E-state index in [1.807, 2.05) is 0 Å². The molecule has 0 bridgehead atoms. The average molecular weight is 269 g/mol. The van der Waals surface area contributed by atoms with Crippen molar-refractivity contribution in [2.45, 2.75) is 11.6 Å². The van der Waals surface area contributed by atoms with Gasteiger partial charge in [-0.2, -0.15) is 5.10 Å². The van der Waals surface area contributed by atoms with Crippen molar-refractivity contribution in [3.8, 4) is 0 Å². The zero-order valence-corrected chi connectivity index (χ0v) is 10.3. The Labute approximate surface area is 103 Å². The highest BCUT2D eigenvalue weighted by molar-refractivity contribution is 7.89. The monoisotopic (exact) mass is 269 g/mol. The van der Waals surface area contributed by atoms with Gasteiger partial charge in [-0.15, -0.1) is 0 Å². The zero-order chi connectivity index (χ0) is 13.2. The lowest BCUT2D eigenvalue weighted by Gasteiger charge is -2.01. The summed E-state index contributed by atoms with van der Waals surface area (Å²) in [5, 5.41) is 3.64. The summed E-state index contributed by atoms with van der Waals surface area (Å²) >= 11 is 0. The van der Waals surface area contributed by atoms with Crippen LogP contribution in [-0.2, 0) is 23.6 Å². The summed E-state index contributed by atoms with van der Waals surface area (Å²) in [6.45, 7) is 0.104. The van der Waals surface area contributed by atoms with Gasteiger partial charge in [0.15, 0.2) is 12.0 Å². The van der Waals surface area contributed by atoms with Crippen molar-refractivity contribution < 1.29 is 17.6 Å². The number of aldehydes is 1. The van der Waals surface area contributed by atoms with Gasteiger partial charge < -0.3 is 4.42 Å². The van der Waals surface area contributed by atoms with E-state index in [2.05, 4.69) is 9.82 Å². The number of rotatable bonds is 5. The maximum absolute atomic E-state index is 11.8. The fourth-order valence-electron chi connectivity index (χ4n) is 1.35. The molecule has 0 radical (unpaired) electrons. The van der Waals surface area contributed by atoms with E-state index in [1.165, 1.54) is 12.1 Å². The number of furan rings is 1. The number of hydrogen-bond donors (Lipinski definition) is 1. The normalized spacial score (nSPS) is 11.6. The van der Waals surface area contributed by atoms with Gasteiger partial charge in [-0.05, 0) is 12.1 Å². The van der Waals surface area contributed by atoms with Crippen LogP contribution in [-0.4, -0.2) is 24.5 Å². The molecule has 0 aliphatic heterocycles. The van der Waals surface area contributed by atoms with Crippen LogP contribution >= 0.6 is 0 Å². The first kappa shape index (κ1) is 12.5. The molecule has 96 valence electrons. The molecule has 7 nitrogen and oxygen atoms in total. The van der Waals surface area contributed by atoms with Crippen LogP contribution in [0.3, 0.4) is 0 Å². The molecule has 0 unspecified atom stereocenters. The Hall–Kier alpha value is -1.93. The lowest BCUT2D eigenvalue weighted by Crippen LogP contribution is -2.22. The number of hydrogen-bond acceptors (Lipinski definition) is 5. The van der Waals surface area contributed by atoms with Crippen LogP contribution in [0, 0.1) is 0 Å². The highest BCUT2D eigenvalue weighted by Crippen LogP contribution is 2.12. The Morgan fingerprint density at radius 3 is 2.83 bits per heavy atom. The third-order valence-corrected chi connectivity index (χ3v) is 3.48. The number of carbonyl (C=O) groups is 1. The predicted octanol–water partition coefficient (Wildman–Crippen LogP) is 0.304. The van der Waals surface area contributed by atoms with Gasteiger partial charge in [0.05, 0.1) is 6.20 Å². The highest BCUT2D eigenvalue weighted by atomic mass is 32.2. The molecule has 0 spiro atoms. The van der Waals surface area contributed by atoms with E-state index < -0.39 is 10.0 Å². The lowest BCUT2D eigenvalue weighted by molar-refractivity contribution is 0.109. The lowest BCUT2D eigenvalue weighted by atomic mass is 10.4. The van der Waals surface area contributed by atoms with Gasteiger partial charge in [-0.3, -0.25) is 9.48 Å². The summed E-state index contributed by atoms with van der Waals surface area (Å²) in [7, 11) is -2.01. The first-order valence-corrected chi connectivity index (χ1v) is 6.52. The standard InChI is InChI=1S/C10H11N3O4S/c1-13-6-8(4-11-13)5-12-18(15,16)10-3-2-9(7-14)17-10/h2-4,6-7,12H,5H2,1H3. The second-order valence-corrected chi connectivity index (χ2v) is 5.32. The Kier molecular flexibility index (Phi) is 3.30. The molecule has 0 aromatic carbocycles. The molecule has 8 heteroatoms. The number of carbonyl (C=O) groups excluding carboxylic acids is 1. The van der Waals surface area contributed by atoms with Crippen molar-refractivity contribution in [3.05, 3.63) is 35.9 Å². The second-order valence-electron chi connectivity index (χ2n) is 3.62. The van der Waals surface area contributed by atoms with Crippen molar-refractivity contribution in [1.29, 1.82) is 0 Å². The highest BCUT2D eigenvalue weighted by Gasteiger charge is 2.18. The van der Waals surface area contributed by atoms with E-state index in [9.17, 15) is 13.2 Å². The molecule has 0 saturated carbocycles. The van der Waals surface area contributed by atoms with Crippen LogP contribution in [0.2, 0.25) is 0 Å². The minimum atomic E-state index is -3.75. The summed E-state index contributed by atoms with van der Waals surface area (Å²) in [5.74, 6) is -0.0308. The first-order chi connectivity index (χ1) is 8.51. The van der Waals surface area contributed by atoms with Crippen molar-refractivity contribution in [1.82, 2.24) is 14.5 Å². The topological polar surface area (TPSA) is 94.2 Å². The Balaban J connectivity index is 2.09. The maximum atomic E-state index is 11.8. The average Bonchev–Trinajstić information content (AvgIpc) is 2.95. The van der Waals surface area contributed by atoms with E-state index in [0.717, 1.165) is 5.56 Å². The molecular weight excluding hydrogens is 258 g/mol. The summed E-state index contributed by atoms with van der Waals surface area (Å²) in [6, 6.07) is 2.53. The van der Waals surface area contributed by atoms with Gasteiger partial charge in [0.1, 0.15) is 0 Å². The fraction of sp³-hybridized carbons (Fsp3) is 0.200. The molecule has 18 heavy (non-hydrogen) atoms. The van der Waals surface area contributed by atoms with E-state index >= 15 is 0 Å². The molecule has 2 heterocycles.